The number of likely N-dealkylation sites (tertiary alicyclic amines) is 1. The molecule has 0 bridgehead atoms. The number of aromatic nitrogens is 3. The van der Waals surface area contributed by atoms with E-state index in [4.69, 9.17) is 9.47 Å². The monoisotopic (exact) mass is 426 g/mol. The Morgan fingerprint density at radius 3 is 2.34 bits per heavy atom. The summed E-state index contributed by atoms with van der Waals surface area (Å²) in [5.41, 5.74) is 1.62. The molecule has 1 saturated heterocycles. The Morgan fingerprint density at radius 1 is 0.938 bits per heavy atom. The highest BCUT2D eigenvalue weighted by molar-refractivity contribution is 5.88. The number of benzene rings is 2. The van der Waals surface area contributed by atoms with Crippen molar-refractivity contribution in [2.24, 2.45) is 0 Å². The predicted octanol–water partition coefficient (Wildman–Crippen LogP) is 4.98. The van der Waals surface area contributed by atoms with Crippen LogP contribution in [0.4, 0.5) is 0 Å². The fourth-order valence-electron chi connectivity index (χ4n) is 3.72. The minimum atomic E-state index is 0.0331. The van der Waals surface area contributed by atoms with E-state index in [1.54, 1.807) is 12.2 Å². The second-order valence-electron chi connectivity index (χ2n) is 7.52. The van der Waals surface area contributed by atoms with E-state index in [9.17, 15) is 4.79 Å². The average Bonchev–Trinajstić information content (AvgIpc) is 3.20. The number of para-hydroxylation sites is 1. The highest BCUT2D eigenvalue weighted by Gasteiger charge is 2.32. The van der Waals surface area contributed by atoms with Crippen LogP contribution in [0.15, 0.2) is 85.3 Å². The summed E-state index contributed by atoms with van der Waals surface area (Å²) in [6.45, 7) is 3.13. The SMILES string of the molecule is CC=CC(=O)N1CC(n2ccc3ncnc(Oc4ccc(Oc5ccccc5)cc4)c32)C1. The van der Waals surface area contributed by atoms with Crippen LogP contribution in [0.2, 0.25) is 0 Å². The Labute approximate surface area is 185 Å². The highest BCUT2D eigenvalue weighted by Crippen LogP contribution is 2.33. The normalized spacial score (nSPS) is 14.0. The zero-order valence-electron chi connectivity index (χ0n) is 17.6. The molecule has 5 rings (SSSR count). The molecule has 1 aliphatic rings. The van der Waals surface area contributed by atoms with E-state index in [2.05, 4.69) is 14.5 Å². The lowest BCUT2D eigenvalue weighted by molar-refractivity contribution is -0.131. The molecule has 0 unspecified atom stereocenters. The van der Waals surface area contributed by atoms with Gasteiger partial charge in [-0.05, 0) is 55.5 Å². The molecule has 7 heteroatoms. The number of nitrogens with zero attached hydrogens (tertiary/aromatic N) is 4. The van der Waals surface area contributed by atoms with Crippen molar-refractivity contribution in [2.45, 2.75) is 13.0 Å². The number of allylic oxidation sites excluding steroid dienone is 1. The number of ether oxygens (including phenoxy) is 2. The van der Waals surface area contributed by atoms with Gasteiger partial charge in [0.05, 0.1) is 11.6 Å². The maximum atomic E-state index is 12.0. The molecule has 0 N–H and O–H groups in total. The van der Waals surface area contributed by atoms with Crippen LogP contribution < -0.4 is 9.47 Å². The fourth-order valence-corrected chi connectivity index (χ4v) is 3.72. The van der Waals surface area contributed by atoms with Crippen LogP contribution in [0.3, 0.4) is 0 Å². The van der Waals surface area contributed by atoms with Crippen molar-refractivity contribution in [3.8, 4) is 23.1 Å². The smallest absolute Gasteiger partial charge is 0.247 e. The number of amides is 1. The molecular weight excluding hydrogens is 404 g/mol. The lowest BCUT2D eigenvalue weighted by atomic mass is 10.1. The maximum absolute atomic E-state index is 12.0. The Morgan fingerprint density at radius 2 is 1.62 bits per heavy atom. The molecule has 2 aromatic heterocycles. The minimum Gasteiger partial charge on any atom is -0.457 e. The van der Waals surface area contributed by atoms with Gasteiger partial charge in [-0.15, -0.1) is 0 Å². The largest absolute Gasteiger partial charge is 0.457 e. The average molecular weight is 426 g/mol. The first kappa shape index (κ1) is 19.8. The maximum Gasteiger partial charge on any atom is 0.247 e. The van der Waals surface area contributed by atoms with Crippen LogP contribution in [0.1, 0.15) is 13.0 Å². The third-order valence-corrected chi connectivity index (χ3v) is 5.36. The molecule has 1 amide bonds. The van der Waals surface area contributed by atoms with Crippen molar-refractivity contribution >= 4 is 16.9 Å². The lowest BCUT2D eigenvalue weighted by Gasteiger charge is -2.39. The molecule has 0 atom stereocenters. The van der Waals surface area contributed by atoms with E-state index in [1.807, 2.05) is 78.7 Å². The van der Waals surface area contributed by atoms with Crippen molar-refractivity contribution in [1.29, 1.82) is 0 Å². The Balaban J connectivity index is 1.34. The standard InChI is InChI=1S/C25H22N4O3/c1-2-6-23(30)28-15-18(16-28)29-14-13-22-24(29)25(27-17-26-22)32-21-11-9-20(10-12-21)31-19-7-4-3-5-8-19/h2-14,17-18H,15-16H2,1H3. The van der Waals surface area contributed by atoms with E-state index in [-0.39, 0.29) is 11.9 Å². The van der Waals surface area contributed by atoms with Gasteiger partial charge in [0.2, 0.25) is 11.8 Å². The van der Waals surface area contributed by atoms with Gasteiger partial charge in [-0.3, -0.25) is 4.79 Å². The number of carbonyl (C=O) groups is 1. The molecule has 2 aromatic carbocycles. The minimum absolute atomic E-state index is 0.0331. The number of carbonyl (C=O) groups excluding carboxylic acids is 1. The van der Waals surface area contributed by atoms with Crippen LogP contribution >= 0.6 is 0 Å². The van der Waals surface area contributed by atoms with Crippen LogP contribution in [-0.4, -0.2) is 38.4 Å². The highest BCUT2D eigenvalue weighted by atomic mass is 16.5. The number of rotatable bonds is 6. The second-order valence-corrected chi connectivity index (χ2v) is 7.52. The summed E-state index contributed by atoms with van der Waals surface area (Å²) in [7, 11) is 0. The van der Waals surface area contributed by atoms with Gasteiger partial charge in [0.25, 0.3) is 0 Å². The molecular formula is C25H22N4O3. The van der Waals surface area contributed by atoms with Gasteiger partial charge in [0, 0.05) is 19.3 Å². The zero-order valence-corrected chi connectivity index (χ0v) is 17.6. The summed E-state index contributed by atoms with van der Waals surface area (Å²) in [4.78, 5) is 22.6. The number of hydrogen-bond acceptors (Lipinski definition) is 5. The predicted molar refractivity (Wildman–Crippen MR) is 121 cm³/mol. The summed E-state index contributed by atoms with van der Waals surface area (Å²) in [6, 6.07) is 19.1. The van der Waals surface area contributed by atoms with Gasteiger partial charge in [-0.2, -0.15) is 4.98 Å². The van der Waals surface area contributed by atoms with E-state index in [1.165, 1.54) is 6.33 Å². The van der Waals surface area contributed by atoms with Gasteiger partial charge in [0.15, 0.2) is 0 Å². The number of hydrogen-bond donors (Lipinski definition) is 0. The van der Waals surface area contributed by atoms with E-state index in [0.717, 1.165) is 22.5 Å². The Kier molecular flexibility index (Phi) is 5.29. The summed E-state index contributed by atoms with van der Waals surface area (Å²) >= 11 is 0. The molecule has 3 heterocycles. The molecule has 0 radical (unpaired) electrons. The van der Waals surface area contributed by atoms with Gasteiger partial charge in [-0.1, -0.05) is 24.3 Å². The molecule has 0 aliphatic carbocycles. The van der Waals surface area contributed by atoms with Gasteiger partial charge >= 0.3 is 0 Å². The molecule has 160 valence electrons. The Bertz CT molecular complexity index is 1260. The van der Waals surface area contributed by atoms with Crippen molar-refractivity contribution in [2.75, 3.05) is 13.1 Å². The quantitative estimate of drug-likeness (QED) is 0.407. The van der Waals surface area contributed by atoms with E-state index >= 15 is 0 Å². The summed E-state index contributed by atoms with van der Waals surface area (Å²) in [5.74, 6) is 2.66. The molecule has 1 aliphatic heterocycles. The molecule has 32 heavy (non-hydrogen) atoms. The van der Waals surface area contributed by atoms with E-state index in [0.29, 0.717) is 24.7 Å². The van der Waals surface area contributed by atoms with Gasteiger partial charge in [0.1, 0.15) is 29.1 Å². The third kappa shape index (κ3) is 3.92. The summed E-state index contributed by atoms with van der Waals surface area (Å²) in [5, 5.41) is 0. The summed E-state index contributed by atoms with van der Waals surface area (Å²) in [6.07, 6.45) is 6.83. The third-order valence-electron chi connectivity index (χ3n) is 5.36. The lowest BCUT2D eigenvalue weighted by Crippen LogP contribution is -2.50. The topological polar surface area (TPSA) is 69.5 Å². The van der Waals surface area contributed by atoms with Crippen LogP contribution in [0.5, 0.6) is 23.1 Å². The van der Waals surface area contributed by atoms with Crippen molar-refractivity contribution in [3.05, 3.63) is 85.3 Å². The van der Waals surface area contributed by atoms with Crippen molar-refractivity contribution in [1.82, 2.24) is 19.4 Å². The molecule has 4 aromatic rings. The molecule has 0 saturated carbocycles. The van der Waals surface area contributed by atoms with Crippen molar-refractivity contribution < 1.29 is 14.3 Å². The zero-order chi connectivity index (χ0) is 21.9. The molecule has 7 nitrogen and oxygen atoms in total. The first-order valence-electron chi connectivity index (χ1n) is 10.5. The summed E-state index contributed by atoms with van der Waals surface area (Å²) < 4.78 is 14.0. The second kappa shape index (κ2) is 8.55. The van der Waals surface area contributed by atoms with Crippen LogP contribution in [0.25, 0.3) is 11.0 Å². The fraction of sp³-hybridized carbons (Fsp3) is 0.160. The van der Waals surface area contributed by atoms with E-state index < -0.39 is 0 Å². The van der Waals surface area contributed by atoms with Gasteiger partial charge < -0.3 is 18.9 Å². The Hall–Kier alpha value is -4.13. The molecule has 1 fully saturated rings. The number of fused-ring (bicyclic) bond motifs is 1. The van der Waals surface area contributed by atoms with Gasteiger partial charge in [-0.25, -0.2) is 4.98 Å². The van der Waals surface area contributed by atoms with Crippen molar-refractivity contribution in [3.63, 3.8) is 0 Å². The first-order chi connectivity index (χ1) is 15.7. The van der Waals surface area contributed by atoms with Crippen LogP contribution in [0, 0.1) is 0 Å². The molecule has 0 spiro atoms. The first-order valence-corrected chi connectivity index (χ1v) is 10.5. The van der Waals surface area contributed by atoms with Crippen LogP contribution in [-0.2, 0) is 4.79 Å².